The van der Waals surface area contributed by atoms with Crippen molar-refractivity contribution in [3.05, 3.63) is 17.5 Å². The Hall–Kier alpha value is -0.870. The van der Waals surface area contributed by atoms with Gasteiger partial charge in [0.25, 0.3) is 0 Å². The second-order valence-electron chi connectivity index (χ2n) is 3.44. The zero-order chi connectivity index (χ0) is 10.6. The lowest BCUT2D eigenvalue weighted by Gasteiger charge is -2.08. The fourth-order valence-corrected chi connectivity index (χ4v) is 1.46. The third-order valence-corrected chi connectivity index (χ3v) is 2.28. The maximum Gasteiger partial charge on any atom is 0.0624 e. The number of rotatable bonds is 5. The minimum atomic E-state index is -0.179. The van der Waals surface area contributed by atoms with Crippen molar-refractivity contribution in [2.24, 2.45) is 5.73 Å². The van der Waals surface area contributed by atoms with Crippen LogP contribution in [0.4, 0.5) is 0 Å². The molecule has 0 aliphatic rings. The van der Waals surface area contributed by atoms with E-state index in [0.29, 0.717) is 6.42 Å². The van der Waals surface area contributed by atoms with Gasteiger partial charge in [0, 0.05) is 24.7 Å². The third-order valence-electron chi connectivity index (χ3n) is 2.28. The Kier molecular flexibility index (Phi) is 4.10. The van der Waals surface area contributed by atoms with Crippen LogP contribution in [-0.4, -0.2) is 27.5 Å². The van der Waals surface area contributed by atoms with Crippen LogP contribution in [-0.2, 0) is 19.4 Å². The summed E-state index contributed by atoms with van der Waals surface area (Å²) in [6.07, 6.45) is 1.63. The summed E-state index contributed by atoms with van der Waals surface area (Å²) in [7, 11) is 0. The van der Waals surface area contributed by atoms with Crippen molar-refractivity contribution in [2.45, 2.75) is 39.3 Å². The van der Waals surface area contributed by atoms with Gasteiger partial charge in [0.1, 0.15) is 0 Å². The molecule has 1 unspecified atom stereocenters. The van der Waals surface area contributed by atoms with Gasteiger partial charge < -0.3 is 10.8 Å². The Morgan fingerprint density at radius 2 is 2.29 bits per heavy atom. The predicted octanol–water partition coefficient (Wildman–Crippen LogP) is 0.327. The van der Waals surface area contributed by atoms with Crippen LogP contribution >= 0.6 is 0 Å². The van der Waals surface area contributed by atoms with Gasteiger partial charge in [-0.3, -0.25) is 4.68 Å². The van der Waals surface area contributed by atoms with Gasteiger partial charge in [-0.15, -0.1) is 0 Å². The predicted molar refractivity (Wildman–Crippen MR) is 56.0 cm³/mol. The topological polar surface area (TPSA) is 64.1 Å². The standard InChI is InChI=1S/C10H19N3O/c1-3-9-6-10(5-8(11)7-14)13(4-2)12-9/h6,8,14H,3-5,7,11H2,1-2H3. The largest absolute Gasteiger partial charge is 0.395 e. The van der Waals surface area contributed by atoms with Gasteiger partial charge in [0.15, 0.2) is 0 Å². The highest BCUT2D eigenvalue weighted by Gasteiger charge is 2.09. The molecular formula is C10H19N3O. The van der Waals surface area contributed by atoms with Crippen LogP contribution in [0.3, 0.4) is 0 Å². The normalized spacial score (nSPS) is 13.1. The van der Waals surface area contributed by atoms with Gasteiger partial charge in [-0.25, -0.2) is 0 Å². The second-order valence-corrected chi connectivity index (χ2v) is 3.44. The summed E-state index contributed by atoms with van der Waals surface area (Å²) in [5, 5.41) is 13.3. The molecule has 4 nitrogen and oxygen atoms in total. The van der Waals surface area contributed by atoms with Crippen molar-refractivity contribution in [1.29, 1.82) is 0 Å². The monoisotopic (exact) mass is 197 g/mol. The SMILES string of the molecule is CCc1cc(CC(N)CO)n(CC)n1. The highest BCUT2D eigenvalue weighted by atomic mass is 16.3. The van der Waals surface area contributed by atoms with Gasteiger partial charge in [-0.05, 0) is 19.4 Å². The molecule has 0 fully saturated rings. The molecule has 0 bridgehead atoms. The molecule has 1 aromatic rings. The van der Waals surface area contributed by atoms with Gasteiger partial charge in [-0.1, -0.05) is 6.92 Å². The van der Waals surface area contributed by atoms with E-state index in [1.165, 1.54) is 0 Å². The summed E-state index contributed by atoms with van der Waals surface area (Å²) in [5.41, 5.74) is 7.89. The van der Waals surface area contributed by atoms with Crippen LogP contribution in [0.25, 0.3) is 0 Å². The van der Waals surface area contributed by atoms with E-state index in [2.05, 4.69) is 25.0 Å². The maximum atomic E-state index is 8.87. The number of aliphatic hydroxyl groups is 1. The van der Waals surface area contributed by atoms with Crippen LogP contribution in [0.2, 0.25) is 0 Å². The van der Waals surface area contributed by atoms with Crippen molar-refractivity contribution in [3.8, 4) is 0 Å². The van der Waals surface area contributed by atoms with Crippen molar-refractivity contribution < 1.29 is 5.11 Å². The number of aromatic nitrogens is 2. The summed E-state index contributed by atoms with van der Waals surface area (Å²) >= 11 is 0. The van der Waals surface area contributed by atoms with Crippen molar-refractivity contribution in [1.82, 2.24) is 9.78 Å². The fraction of sp³-hybridized carbons (Fsp3) is 0.700. The lowest BCUT2D eigenvalue weighted by Crippen LogP contribution is -2.28. The van der Waals surface area contributed by atoms with Crippen LogP contribution in [0, 0.1) is 0 Å². The first-order chi connectivity index (χ1) is 6.71. The minimum absolute atomic E-state index is 0.0242. The number of nitrogens with two attached hydrogens (primary N) is 1. The fourth-order valence-electron chi connectivity index (χ4n) is 1.46. The first-order valence-corrected chi connectivity index (χ1v) is 5.13. The molecule has 3 N–H and O–H groups in total. The number of aryl methyl sites for hydroxylation is 2. The van der Waals surface area contributed by atoms with Crippen molar-refractivity contribution >= 4 is 0 Å². The van der Waals surface area contributed by atoms with Gasteiger partial charge in [0.05, 0.1) is 12.3 Å². The Morgan fingerprint density at radius 1 is 1.57 bits per heavy atom. The maximum absolute atomic E-state index is 8.87. The average Bonchev–Trinajstić information content (AvgIpc) is 2.60. The summed E-state index contributed by atoms with van der Waals surface area (Å²) in [6, 6.07) is 1.89. The molecule has 0 saturated carbocycles. The molecule has 1 heterocycles. The Bertz CT molecular complexity index is 283. The Balaban J connectivity index is 2.78. The van der Waals surface area contributed by atoms with E-state index >= 15 is 0 Å². The molecule has 80 valence electrons. The second kappa shape index (κ2) is 5.12. The molecule has 0 amide bonds. The molecular weight excluding hydrogens is 178 g/mol. The van der Waals surface area contributed by atoms with Gasteiger partial charge in [-0.2, -0.15) is 5.10 Å². The smallest absolute Gasteiger partial charge is 0.0624 e. The van der Waals surface area contributed by atoms with Gasteiger partial charge >= 0.3 is 0 Å². The summed E-state index contributed by atoms with van der Waals surface area (Å²) in [6.45, 7) is 5.02. The highest BCUT2D eigenvalue weighted by molar-refractivity contribution is 5.11. The minimum Gasteiger partial charge on any atom is -0.395 e. The summed E-state index contributed by atoms with van der Waals surface area (Å²) in [5.74, 6) is 0. The molecule has 14 heavy (non-hydrogen) atoms. The number of nitrogens with zero attached hydrogens (tertiary/aromatic N) is 2. The molecule has 0 saturated heterocycles. The van der Waals surface area contributed by atoms with E-state index < -0.39 is 0 Å². The number of hydrogen-bond donors (Lipinski definition) is 2. The quantitative estimate of drug-likeness (QED) is 0.715. The van der Waals surface area contributed by atoms with Crippen LogP contribution < -0.4 is 5.73 Å². The van der Waals surface area contributed by atoms with Crippen molar-refractivity contribution in [2.75, 3.05) is 6.61 Å². The molecule has 0 spiro atoms. The average molecular weight is 197 g/mol. The van der Waals surface area contributed by atoms with Gasteiger partial charge in [0.2, 0.25) is 0 Å². The molecule has 0 radical (unpaired) electrons. The summed E-state index contributed by atoms with van der Waals surface area (Å²) < 4.78 is 1.95. The third kappa shape index (κ3) is 2.56. The molecule has 4 heteroatoms. The van der Waals surface area contributed by atoms with Crippen LogP contribution in [0.5, 0.6) is 0 Å². The molecule has 0 aliphatic heterocycles. The highest BCUT2D eigenvalue weighted by Crippen LogP contribution is 2.07. The van der Waals surface area contributed by atoms with Crippen molar-refractivity contribution in [3.63, 3.8) is 0 Å². The molecule has 1 atom stereocenters. The van der Waals surface area contributed by atoms with E-state index in [4.69, 9.17) is 10.8 Å². The number of hydrogen-bond acceptors (Lipinski definition) is 3. The van der Waals surface area contributed by atoms with Crippen LogP contribution in [0.15, 0.2) is 6.07 Å². The lowest BCUT2D eigenvalue weighted by molar-refractivity contribution is 0.263. The molecule has 0 aliphatic carbocycles. The van der Waals surface area contributed by atoms with E-state index in [1.54, 1.807) is 0 Å². The van der Waals surface area contributed by atoms with E-state index in [1.807, 2.05) is 4.68 Å². The Labute approximate surface area is 84.7 Å². The number of aliphatic hydroxyl groups excluding tert-OH is 1. The first-order valence-electron chi connectivity index (χ1n) is 5.13. The molecule has 0 aromatic carbocycles. The van der Waals surface area contributed by atoms with E-state index in [0.717, 1.165) is 24.4 Å². The van der Waals surface area contributed by atoms with Crippen LogP contribution in [0.1, 0.15) is 25.2 Å². The Morgan fingerprint density at radius 3 is 2.79 bits per heavy atom. The molecule has 1 rings (SSSR count). The first kappa shape index (κ1) is 11.2. The lowest BCUT2D eigenvalue weighted by atomic mass is 10.1. The zero-order valence-corrected chi connectivity index (χ0v) is 8.90. The summed E-state index contributed by atoms with van der Waals surface area (Å²) in [4.78, 5) is 0. The zero-order valence-electron chi connectivity index (χ0n) is 8.90. The van der Waals surface area contributed by atoms with E-state index in [-0.39, 0.29) is 12.6 Å². The molecule has 1 aromatic heterocycles. The van der Waals surface area contributed by atoms with E-state index in [9.17, 15) is 0 Å².